The molecule has 0 unspecified atom stereocenters. The third-order valence-corrected chi connectivity index (χ3v) is 3.92. The van der Waals surface area contributed by atoms with E-state index in [9.17, 15) is 13.6 Å². The standard InChI is InChI=1S/C17H19F2N3OS/c18-17(19)24-14-8-6-13(7-9-14)16(23)22-12-4-3-11-21-15-5-1-2-10-20-15/h1-2,5-10,17H,3-4,11-12H2,(H,20,21)(H,22,23). The predicted octanol–water partition coefficient (Wildman–Crippen LogP) is 4.02. The summed E-state index contributed by atoms with van der Waals surface area (Å²) in [4.78, 5) is 16.5. The van der Waals surface area contributed by atoms with Gasteiger partial charge in [0.1, 0.15) is 5.82 Å². The van der Waals surface area contributed by atoms with Crippen molar-refractivity contribution in [1.29, 1.82) is 0 Å². The maximum absolute atomic E-state index is 12.2. The number of hydrogen-bond acceptors (Lipinski definition) is 4. The van der Waals surface area contributed by atoms with E-state index >= 15 is 0 Å². The molecule has 0 saturated carbocycles. The largest absolute Gasteiger partial charge is 0.370 e. The third-order valence-electron chi connectivity index (χ3n) is 3.20. The third kappa shape index (κ3) is 6.54. The first-order chi connectivity index (χ1) is 11.6. The SMILES string of the molecule is O=C(NCCCCNc1ccccn1)c1ccc(SC(F)F)cc1. The molecule has 0 aliphatic rings. The number of hydrogen-bond donors (Lipinski definition) is 2. The molecule has 0 radical (unpaired) electrons. The number of carbonyl (C=O) groups is 1. The topological polar surface area (TPSA) is 54.0 Å². The lowest BCUT2D eigenvalue weighted by molar-refractivity contribution is 0.0953. The predicted molar refractivity (Wildman–Crippen MR) is 92.6 cm³/mol. The Morgan fingerprint density at radius 3 is 2.50 bits per heavy atom. The number of nitrogens with zero attached hydrogens (tertiary/aromatic N) is 1. The van der Waals surface area contributed by atoms with Gasteiger partial charge in [0.25, 0.3) is 11.7 Å². The normalized spacial score (nSPS) is 10.6. The van der Waals surface area contributed by atoms with E-state index in [1.54, 1.807) is 18.3 Å². The zero-order valence-electron chi connectivity index (χ0n) is 13.0. The maximum atomic E-state index is 12.2. The minimum absolute atomic E-state index is 0.193. The van der Waals surface area contributed by atoms with Crippen LogP contribution in [-0.4, -0.2) is 29.7 Å². The molecule has 1 heterocycles. The Morgan fingerprint density at radius 2 is 1.83 bits per heavy atom. The Balaban J connectivity index is 1.62. The Kier molecular flexibility index (Phi) is 7.48. The quantitative estimate of drug-likeness (QED) is 0.529. The lowest BCUT2D eigenvalue weighted by Crippen LogP contribution is -2.24. The molecule has 0 atom stereocenters. The van der Waals surface area contributed by atoms with Crippen LogP contribution in [0.5, 0.6) is 0 Å². The number of carbonyl (C=O) groups excluding carboxylic acids is 1. The van der Waals surface area contributed by atoms with E-state index in [1.165, 1.54) is 12.1 Å². The molecule has 2 aromatic rings. The lowest BCUT2D eigenvalue weighted by Gasteiger charge is -2.07. The van der Waals surface area contributed by atoms with Gasteiger partial charge in [-0.2, -0.15) is 8.78 Å². The molecule has 128 valence electrons. The van der Waals surface area contributed by atoms with Crippen LogP contribution in [0.2, 0.25) is 0 Å². The van der Waals surface area contributed by atoms with Gasteiger partial charge in [-0.05, 0) is 49.2 Å². The fourth-order valence-corrected chi connectivity index (χ4v) is 2.52. The van der Waals surface area contributed by atoms with Crippen LogP contribution in [0.15, 0.2) is 53.6 Å². The van der Waals surface area contributed by atoms with E-state index in [2.05, 4.69) is 15.6 Å². The highest BCUT2D eigenvalue weighted by Crippen LogP contribution is 2.25. The molecule has 0 aliphatic carbocycles. The second kappa shape index (κ2) is 9.87. The molecule has 0 aliphatic heterocycles. The zero-order chi connectivity index (χ0) is 17.2. The van der Waals surface area contributed by atoms with Gasteiger partial charge in [-0.3, -0.25) is 4.79 Å². The number of alkyl halides is 2. The van der Waals surface area contributed by atoms with E-state index in [4.69, 9.17) is 0 Å². The summed E-state index contributed by atoms with van der Waals surface area (Å²) >= 11 is 0.467. The average Bonchev–Trinajstić information content (AvgIpc) is 2.59. The van der Waals surface area contributed by atoms with Gasteiger partial charge < -0.3 is 10.6 Å². The smallest absolute Gasteiger partial charge is 0.288 e. The average molecular weight is 351 g/mol. The summed E-state index contributed by atoms with van der Waals surface area (Å²) in [7, 11) is 0. The van der Waals surface area contributed by atoms with Crippen molar-refractivity contribution >= 4 is 23.5 Å². The van der Waals surface area contributed by atoms with Gasteiger partial charge in [0.2, 0.25) is 0 Å². The number of benzene rings is 1. The van der Waals surface area contributed by atoms with Crippen molar-refractivity contribution in [3.63, 3.8) is 0 Å². The first kappa shape index (κ1) is 18.2. The van der Waals surface area contributed by atoms with Gasteiger partial charge in [0.15, 0.2) is 0 Å². The monoisotopic (exact) mass is 351 g/mol. The van der Waals surface area contributed by atoms with Crippen LogP contribution in [0.1, 0.15) is 23.2 Å². The molecule has 7 heteroatoms. The summed E-state index contributed by atoms with van der Waals surface area (Å²) < 4.78 is 24.5. The van der Waals surface area contributed by atoms with E-state index in [0.29, 0.717) is 28.8 Å². The Morgan fingerprint density at radius 1 is 1.08 bits per heavy atom. The van der Waals surface area contributed by atoms with E-state index in [-0.39, 0.29) is 5.91 Å². The summed E-state index contributed by atoms with van der Waals surface area (Å²) in [5.74, 6) is -1.81. The first-order valence-corrected chi connectivity index (χ1v) is 8.51. The van der Waals surface area contributed by atoms with Crippen LogP contribution in [0.25, 0.3) is 0 Å². The van der Waals surface area contributed by atoms with Crippen molar-refractivity contribution in [3.8, 4) is 0 Å². The molecule has 1 aromatic carbocycles. The second-order valence-electron chi connectivity index (χ2n) is 5.01. The number of pyridine rings is 1. The van der Waals surface area contributed by atoms with E-state index < -0.39 is 5.76 Å². The number of thioether (sulfide) groups is 1. The van der Waals surface area contributed by atoms with Crippen molar-refractivity contribution < 1.29 is 13.6 Å². The zero-order valence-corrected chi connectivity index (χ0v) is 13.9. The van der Waals surface area contributed by atoms with Gasteiger partial charge in [-0.25, -0.2) is 4.98 Å². The molecule has 4 nitrogen and oxygen atoms in total. The van der Waals surface area contributed by atoms with Gasteiger partial charge in [-0.15, -0.1) is 0 Å². The first-order valence-electron chi connectivity index (χ1n) is 7.63. The number of halogens is 2. The minimum Gasteiger partial charge on any atom is -0.370 e. The van der Waals surface area contributed by atoms with Crippen LogP contribution in [0.3, 0.4) is 0 Å². The number of rotatable bonds is 9. The summed E-state index contributed by atoms with van der Waals surface area (Å²) in [5, 5.41) is 6.02. The number of aromatic nitrogens is 1. The lowest BCUT2D eigenvalue weighted by atomic mass is 10.2. The van der Waals surface area contributed by atoms with E-state index in [1.807, 2.05) is 18.2 Å². The molecular formula is C17H19F2N3OS. The van der Waals surface area contributed by atoms with Crippen molar-refractivity contribution in [2.24, 2.45) is 0 Å². The molecule has 0 saturated heterocycles. The molecular weight excluding hydrogens is 332 g/mol. The Hall–Kier alpha value is -2.15. The fraction of sp³-hybridized carbons (Fsp3) is 0.294. The molecule has 1 amide bonds. The number of anilines is 1. The van der Waals surface area contributed by atoms with Crippen molar-refractivity contribution in [1.82, 2.24) is 10.3 Å². The fourth-order valence-electron chi connectivity index (χ4n) is 2.03. The molecule has 1 aromatic heterocycles. The summed E-state index contributed by atoms with van der Waals surface area (Å²) in [5.41, 5.74) is 0.472. The van der Waals surface area contributed by atoms with Gasteiger partial charge in [-0.1, -0.05) is 17.8 Å². The van der Waals surface area contributed by atoms with Crippen molar-refractivity contribution in [3.05, 3.63) is 54.2 Å². The molecule has 0 fully saturated rings. The van der Waals surface area contributed by atoms with Crippen molar-refractivity contribution in [2.45, 2.75) is 23.5 Å². The molecule has 0 bridgehead atoms. The van der Waals surface area contributed by atoms with Crippen LogP contribution in [-0.2, 0) is 0 Å². The summed E-state index contributed by atoms with van der Waals surface area (Å²) in [6.45, 7) is 1.35. The molecule has 2 rings (SSSR count). The Labute approximate surface area is 144 Å². The maximum Gasteiger partial charge on any atom is 0.288 e. The van der Waals surface area contributed by atoms with Crippen LogP contribution >= 0.6 is 11.8 Å². The second-order valence-corrected chi connectivity index (χ2v) is 6.07. The summed E-state index contributed by atoms with van der Waals surface area (Å²) in [6, 6.07) is 11.9. The van der Waals surface area contributed by atoms with Crippen LogP contribution in [0.4, 0.5) is 14.6 Å². The molecule has 24 heavy (non-hydrogen) atoms. The highest BCUT2D eigenvalue weighted by atomic mass is 32.2. The van der Waals surface area contributed by atoms with Gasteiger partial charge >= 0.3 is 0 Å². The number of amides is 1. The molecule has 0 spiro atoms. The summed E-state index contributed by atoms with van der Waals surface area (Å²) in [6.07, 6.45) is 3.47. The number of unbranched alkanes of at least 4 members (excludes halogenated alkanes) is 1. The van der Waals surface area contributed by atoms with Gasteiger partial charge in [0, 0.05) is 29.7 Å². The minimum atomic E-state index is -2.45. The number of nitrogens with one attached hydrogen (secondary N) is 2. The van der Waals surface area contributed by atoms with Crippen LogP contribution < -0.4 is 10.6 Å². The highest BCUT2D eigenvalue weighted by Gasteiger charge is 2.08. The molecule has 2 N–H and O–H groups in total. The van der Waals surface area contributed by atoms with Crippen LogP contribution in [0, 0.1) is 0 Å². The van der Waals surface area contributed by atoms with E-state index in [0.717, 1.165) is 25.2 Å². The highest BCUT2D eigenvalue weighted by molar-refractivity contribution is 7.99. The van der Waals surface area contributed by atoms with Gasteiger partial charge in [0.05, 0.1) is 0 Å². The van der Waals surface area contributed by atoms with Crippen molar-refractivity contribution in [2.75, 3.05) is 18.4 Å². The Bertz CT molecular complexity index is 623.